The van der Waals surface area contributed by atoms with Gasteiger partial charge in [0.2, 0.25) is 0 Å². The average molecular weight is 434 g/mol. The van der Waals surface area contributed by atoms with E-state index in [2.05, 4.69) is 30.8 Å². The van der Waals surface area contributed by atoms with Gasteiger partial charge in [0.25, 0.3) is 0 Å². The molecule has 4 rings (SSSR count). The number of rotatable bonds is 5. The van der Waals surface area contributed by atoms with Crippen molar-refractivity contribution in [2.75, 3.05) is 0 Å². The molecule has 31 heavy (non-hydrogen) atoms. The minimum absolute atomic E-state index is 0.0246. The molecule has 0 heterocycles. The van der Waals surface area contributed by atoms with Crippen LogP contribution < -0.4 is 0 Å². The van der Waals surface area contributed by atoms with Crippen molar-refractivity contribution in [1.82, 2.24) is 0 Å². The topological polar surface area (TPSA) is 127 Å². The first-order chi connectivity index (χ1) is 14.6. The molecule has 7 heteroatoms. The molecule has 174 valence electrons. The molecule has 0 bridgehead atoms. The predicted octanol–water partition coefficient (Wildman–Crippen LogP) is 4.77. The van der Waals surface area contributed by atoms with E-state index in [9.17, 15) is 15.0 Å². The van der Waals surface area contributed by atoms with Gasteiger partial charge in [-0.3, -0.25) is 4.79 Å². The molecule has 0 amide bonds. The van der Waals surface area contributed by atoms with E-state index in [-0.39, 0.29) is 53.1 Å². The highest BCUT2D eigenvalue weighted by Gasteiger charge is 2.65. The Bertz CT molecular complexity index is 755. The van der Waals surface area contributed by atoms with Crippen molar-refractivity contribution in [2.24, 2.45) is 51.5 Å². The summed E-state index contributed by atoms with van der Waals surface area (Å²) in [4.78, 5) is 14.1. The minimum atomic E-state index is -0.756. The summed E-state index contributed by atoms with van der Waals surface area (Å²) >= 11 is 0. The monoisotopic (exact) mass is 433 g/mol. The molecule has 4 aliphatic rings. The second-order valence-electron chi connectivity index (χ2n) is 11.6. The Morgan fingerprint density at radius 1 is 1.16 bits per heavy atom. The number of aliphatic carboxylic acids is 1. The van der Waals surface area contributed by atoms with Gasteiger partial charge in [-0.1, -0.05) is 25.9 Å². The van der Waals surface area contributed by atoms with Crippen LogP contribution in [-0.4, -0.2) is 39.5 Å². The van der Waals surface area contributed by atoms with Gasteiger partial charge in [0, 0.05) is 17.4 Å². The summed E-state index contributed by atoms with van der Waals surface area (Å²) in [5.41, 5.74) is 8.68. The second-order valence-corrected chi connectivity index (χ2v) is 11.6. The molecule has 0 aliphatic heterocycles. The molecule has 0 radical (unpaired) electrons. The number of nitrogens with zero attached hydrogens (tertiary/aromatic N) is 3. The number of aliphatic hydroxyl groups is 2. The zero-order chi connectivity index (χ0) is 22.6. The summed E-state index contributed by atoms with van der Waals surface area (Å²) in [6, 6.07) is 0.0246. The fourth-order valence-electron chi connectivity index (χ4n) is 8.86. The van der Waals surface area contributed by atoms with Crippen LogP contribution in [0.4, 0.5) is 0 Å². The highest BCUT2D eigenvalue weighted by Crippen LogP contribution is 2.68. The van der Waals surface area contributed by atoms with Gasteiger partial charge in [0.1, 0.15) is 0 Å². The maximum absolute atomic E-state index is 11.5. The van der Waals surface area contributed by atoms with Crippen LogP contribution in [-0.2, 0) is 4.79 Å². The van der Waals surface area contributed by atoms with E-state index in [1.54, 1.807) is 0 Å². The maximum Gasteiger partial charge on any atom is 0.303 e. The lowest BCUT2D eigenvalue weighted by Crippen LogP contribution is -2.62. The van der Waals surface area contributed by atoms with Crippen LogP contribution in [0, 0.1) is 46.3 Å². The van der Waals surface area contributed by atoms with Crippen molar-refractivity contribution in [3.8, 4) is 0 Å². The van der Waals surface area contributed by atoms with Crippen LogP contribution in [0.2, 0.25) is 0 Å². The molecule has 4 aliphatic carbocycles. The lowest BCUT2D eigenvalue weighted by Gasteiger charge is -2.63. The van der Waals surface area contributed by atoms with Gasteiger partial charge in [0.15, 0.2) is 0 Å². The molecule has 4 saturated carbocycles. The summed E-state index contributed by atoms with van der Waals surface area (Å²) in [5.74, 6) is 0.884. The highest BCUT2D eigenvalue weighted by molar-refractivity contribution is 5.66. The van der Waals surface area contributed by atoms with Crippen molar-refractivity contribution in [3.63, 3.8) is 0 Å². The minimum Gasteiger partial charge on any atom is -0.481 e. The van der Waals surface area contributed by atoms with Gasteiger partial charge >= 0.3 is 5.97 Å². The molecule has 7 nitrogen and oxygen atoms in total. The van der Waals surface area contributed by atoms with Crippen LogP contribution in [0.5, 0.6) is 0 Å². The van der Waals surface area contributed by atoms with Crippen LogP contribution in [0.3, 0.4) is 0 Å². The number of hydrogen-bond acceptors (Lipinski definition) is 4. The molecule has 0 saturated heterocycles. The van der Waals surface area contributed by atoms with Gasteiger partial charge in [-0.2, -0.15) is 0 Å². The number of carboxylic acids is 1. The van der Waals surface area contributed by atoms with E-state index < -0.39 is 12.1 Å². The zero-order valence-electron chi connectivity index (χ0n) is 19.2. The van der Waals surface area contributed by atoms with Gasteiger partial charge in [-0.15, -0.1) is 0 Å². The molecule has 0 spiro atoms. The predicted molar refractivity (Wildman–Crippen MR) is 117 cm³/mol. The number of hydrogen-bond donors (Lipinski definition) is 3. The first kappa shape index (κ1) is 22.9. The molecule has 0 aromatic heterocycles. The maximum atomic E-state index is 11.5. The summed E-state index contributed by atoms with van der Waals surface area (Å²) in [7, 11) is 0. The third-order valence-corrected chi connectivity index (χ3v) is 10.5. The smallest absolute Gasteiger partial charge is 0.303 e. The second kappa shape index (κ2) is 8.24. The highest BCUT2D eigenvalue weighted by atomic mass is 16.4. The normalized spacial score (nSPS) is 49.8. The van der Waals surface area contributed by atoms with E-state index >= 15 is 0 Å². The largest absolute Gasteiger partial charge is 0.481 e. The molecular weight excluding hydrogens is 394 g/mol. The van der Waals surface area contributed by atoms with Crippen molar-refractivity contribution in [2.45, 2.75) is 96.8 Å². The molecule has 3 N–H and O–H groups in total. The quantitative estimate of drug-likeness (QED) is 0.328. The summed E-state index contributed by atoms with van der Waals surface area (Å²) in [6.45, 7) is 6.71. The Labute approximate surface area is 185 Å². The number of aliphatic hydroxyl groups excluding tert-OH is 2. The van der Waals surface area contributed by atoms with E-state index in [0.29, 0.717) is 18.3 Å². The van der Waals surface area contributed by atoms with Gasteiger partial charge in [0.05, 0.1) is 12.2 Å². The fourth-order valence-corrected chi connectivity index (χ4v) is 8.86. The van der Waals surface area contributed by atoms with Crippen LogP contribution >= 0.6 is 0 Å². The Morgan fingerprint density at radius 3 is 2.58 bits per heavy atom. The first-order valence-corrected chi connectivity index (χ1v) is 12.2. The average Bonchev–Trinajstić information content (AvgIpc) is 3.07. The molecule has 0 aromatic carbocycles. The lowest BCUT2D eigenvalue weighted by atomic mass is 9.43. The molecule has 3 unspecified atom stereocenters. The van der Waals surface area contributed by atoms with E-state index in [1.807, 2.05) is 0 Å². The summed E-state index contributed by atoms with van der Waals surface area (Å²) < 4.78 is 0. The van der Waals surface area contributed by atoms with E-state index in [4.69, 9.17) is 10.6 Å². The first-order valence-electron chi connectivity index (χ1n) is 12.2. The standard InChI is InChI=1S/C24H39N3O4/c1-13(4-7-21(30)31)16-5-6-17-22-18(12-20(29)24(16,17)3)23(2)9-8-15(26-27-25)10-14(23)11-19(22)28/h13-20,22,28-29H,4-12H2,1-3H3,(H,30,31)/t13-,14+,15?,16-,17+,18?,19-,20+,22?,23+,24-/m1/s1. The lowest BCUT2D eigenvalue weighted by molar-refractivity contribution is -0.202. The Morgan fingerprint density at radius 2 is 1.90 bits per heavy atom. The molecule has 11 atom stereocenters. The molecule has 0 aromatic rings. The van der Waals surface area contributed by atoms with Crippen molar-refractivity contribution in [3.05, 3.63) is 10.4 Å². The van der Waals surface area contributed by atoms with E-state index in [1.165, 1.54) is 0 Å². The third-order valence-electron chi connectivity index (χ3n) is 10.5. The molecular formula is C24H39N3O4. The van der Waals surface area contributed by atoms with Crippen molar-refractivity contribution < 1.29 is 20.1 Å². The van der Waals surface area contributed by atoms with Gasteiger partial charge in [-0.25, -0.2) is 0 Å². The number of carbonyl (C=O) groups is 1. The molecule has 4 fully saturated rings. The number of azide groups is 1. The van der Waals surface area contributed by atoms with Gasteiger partial charge in [-0.05, 0) is 103 Å². The third kappa shape index (κ3) is 3.57. The summed E-state index contributed by atoms with van der Waals surface area (Å²) in [6.07, 6.45) is 6.24. The van der Waals surface area contributed by atoms with Crippen LogP contribution in [0.1, 0.15) is 78.6 Å². The number of carboxylic acid groups (broad SMARTS) is 1. The number of fused-ring (bicyclic) bond motifs is 5. The SMILES string of the molecule is C[C@H](CCC(=O)O)[C@H]1CC[C@H]2C3C(C[C@H](O)[C@]12C)[C@@]1(C)CCC(N=[N+]=[N-])C[C@H]1C[C@H]3O. The van der Waals surface area contributed by atoms with Crippen molar-refractivity contribution in [1.29, 1.82) is 0 Å². The summed E-state index contributed by atoms with van der Waals surface area (Å²) in [5, 5.41) is 36.0. The van der Waals surface area contributed by atoms with Gasteiger partial charge < -0.3 is 15.3 Å². The fraction of sp³-hybridized carbons (Fsp3) is 0.958. The van der Waals surface area contributed by atoms with Crippen LogP contribution in [0.25, 0.3) is 10.4 Å². The Kier molecular flexibility index (Phi) is 6.08. The Hall–Kier alpha value is -1.30. The Balaban J connectivity index is 1.59. The van der Waals surface area contributed by atoms with E-state index in [0.717, 1.165) is 44.9 Å². The van der Waals surface area contributed by atoms with Crippen molar-refractivity contribution >= 4 is 5.97 Å². The zero-order valence-corrected chi connectivity index (χ0v) is 19.2. The van der Waals surface area contributed by atoms with Crippen LogP contribution in [0.15, 0.2) is 5.11 Å².